The van der Waals surface area contributed by atoms with Crippen molar-refractivity contribution < 1.29 is 0 Å². The first-order chi connectivity index (χ1) is 6.75. The van der Waals surface area contributed by atoms with Crippen LogP contribution in [0.15, 0.2) is 18.5 Å². The van der Waals surface area contributed by atoms with E-state index in [4.69, 9.17) is 0 Å². The number of pyridine rings is 1. The van der Waals surface area contributed by atoms with E-state index in [2.05, 4.69) is 28.2 Å². The first kappa shape index (κ1) is 11.0. The number of aromatic nitrogens is 1. The SMILES string of the molecule is CCCNCc1ccncc1N(C)C. The monoisotopic (exact) mass is 193 g/mol. The van der Waals surface area contributed by atoms with Gasteiger partial charge in [-0.15, -0.1) is 0 Å². The minimum absolute atomic E-state index is 0.921. The van der Waals surface area contributed by atoms with Gasteiger partial charge in [0.2, 0.25) is 0 Å². The summed E-state index contributed by atoms with van der Waals surface area (Å²) in [7, 11) is 4.08. The topological polar surface area (TPSA) is 28.2 Å². The fourth-order valence-electron chi connectivity index (χ4n) is 1.37. The van der Waals surface area contributed by atoms with Crippen molar-refractivity contribution in [3.63, 3.8) is 0 Å². The van der Waals surface area contributed by atoms with E-state index < -0.39 is 0 Å². The maximum Gasteiger partial charge on any atom is 0.0593 e. The third kappa shape index (κ3) is 3.00. The Morgan fingerprint density at radius 1 is 1.43 bits per heavy atom. The summed E-state index contributed by atoms with van der Waals surface area (Å²) in [5, 5.41) is 3.39. The highest BCUT2D eigenvalue weighted by atomic mass is 15.1. The van der Waals surface area contributed by atoms with Crippen molar-refractivity contribution in [3.8, 4) is 0 Å². The van der Waals surface area contributed by atoms with Gasteiger partial charge in [0.25, 0.3) is 0 Å². The van der Waals surface area contributed by atoms with E-state index in [-0.39, 0.29) is 0 Å². The average Bonchev–Trinajstić information content (AvgIpc) is 2.19. The lowest BCUT2D eigenvalue weighted by Gasteiger charge is -2.16. The van der Waals surface area contributed by atoms with Crippen molar-refractivity contribution in [2.45, 2.75) is 19.9 Å². The lowest BCUT2D eigenvalue weighted by Crippen LogP contribution is -2.18. The van der Waals surface area contributed by atoms with Crippen LogP contribution in [0.2, 0.25) is 0 Å². The minimum Gasteiger partial charge on any atom is -0.376 e. The third-order valence-corrected chi connectivity index (χ3v) is 2.11. The van der Waals surface area contributed by atoms with Gasteiger partial charge in [-0.05, 0) is 24.6 Å². The van der Waals surface area contributed by atoms with Gasteiger partial charge in [0.1, 0.15) is 0 Å². The molecule has 0 aromatic carbocycles. The molecule has 0 unspecified atom stereocenters. The molecule has 0 spiro atoms. The molecule has 0 atom stereocenters. The second-order valence-corrected chi connectivity index (χ2v) is 3.58. The van der Waals surface area contributed by atoms with Crippen LogP contribution in [0.25, 0.3) is 0 Å². The van der Waals surface area contributed by atoms with Gasteiger partial charge in [-0.25, -0.2) is 0 Å². The largest absolute Gasteiger partial charge is 0.376 e. The minimum atomic E-state index is 0.921. The molecule has 1 aromatic heterocycles. The van der Waals surface area contributed by atoms with Crippen molar-refractivity contribution in [1.29, 1.82) is 0 Å². The van der Waals surface area contributed by atoms with Gasteiger partial charge in [-0.3, -0.25) is 4.98 Å². The van der Waals surface area contributed by atoms with Crippen molar-refractivity contribution in [2.75, 3.05) is 25.5 Å². The smallest absolute Gasteiger partial charge is 0.0593 e. The number of nitrogens with one attached hydrogen (secondary N) is 1. The number of hydrogen-bond acceptors (Lipinski definition) is 3. The Hall–Kier alpha value is -1.09. The number of hydrogen-bond donors (Lipinski definition) is 1. The van der Waals surface area contributed by atoms with Gasteiger partial charge in [-0.2, -0.15) is 0 Å². The maximum atomic E-state index is 4.13. The summed E-state index contributed by atoms with van der Waals surface area (Å²) in [6, 6.07) is 2.07. The van der Waals surface area contributed by atoms with Crippen LogP contribution in [0.1, 0.15) is 18.9 Å². The van der Waals surface area contributed by atoms with Crippen LogP contribution < -0.4 is 10.2 Å². The molecule has 0 aliphatic carbocycles. The average molecular weight is 193 g/mol. The Bertz CT molecular complexity index is 271. The molecule has 3 heteroatoms. The maximum absolute atomic E-state index is 4.13. The molecular weight excluding hydrogens is 174 g/mol. The molecular formula is C11H19N3. The Balaban J connectivity index is 2.64. The molecule has 0 fully saturated rings. The fraction of sp³-hybridized carbons (Fsp3) is 0.545. The molecule has 0 aliphatic rings. The summed E-state index contributed by atoms with van der Waals surface area (Å²) in [6.45, 7) is 4.16. The summed E-state index contributed by atoms with van der Waals surface area (Å²) in [5.41, 5.74) is 2.49. The Kier molecular flexibility index (Phi) is 4.40. The molecule has 1 heterocycles. The first-order valence-electron chi connectivity index (χ1n) is 5.06. The summed E-state index contributed by atoms with van der Waals surface area (Å²) in [4.78, 5) is 6.22. The Morgan fingerprint density at radius 3 is 2.86 bits per heavy atom. The van der Waals surface area contributed by atoms with E-state index in [9.17, 15) is 0 Å². The summed E-state index contributed by atoms with van der Waals surface area (Å²) < 4.78 is 0. The van der Waals surface area contributed by atoms with Crippen molar-refractivity contribution in [1.82, 2.24) is 10.3 Å². The Labute approximate surface area is 86.2 Å². The molecule has 3 nitrogen and oxygen atoms in total. The fourth-order valence-corrected chi connectivity index (χ4v) is 1.37. The van der Waals surface area contributed by atoms with Crippen LogP contribution in [0.4, 0.5) is 5.69 Å². The second kappa shape index (κ2) is 5.60. The third-order valence-electron chi connectivity index (χ3n) is 2.11. The van der Waals surface area contributed by atoms with Crippen LogP contribution in [0.3, 0.4) is 0 Å². The molecule has 78 valence electrons. The quantitative estimate of drug-likeness (QED) is 0.721. The first-order valence-corrected chi connectivity index (χ1v) is 5.06. The van der Waals surface area contributed by atoms with E-state index in [1.807, 2.05) is 26.5 Å². The highest BCUT2D eigenvalue weighted by Gasteiger charge is 2.02. The highest BCUT2D eigenvalue weighted by Crippen LogP contribution is 2.15. The predicted octanol–water partition coefficient (Wildman–Crippen LogP) is 1.65. The molecule has 0 aliphatic heterocycles. The van der Waals surface area contributed by atoms with Crippen LogP contribution in [0, 0.1) is 0 Å². The van der Waals surface area contributed by atoms with Crippen LogP contribution >= 0.6 is 0 Å². The van der Waals surface area contributed by atoms with E-state index in [1.54, 1.807) is 0 Å². The van der Waals surface area contributed by atoms with Gasteiger partial charge < -0.3 is 10.2 Å². The highest BCUT2D eigenvalue weighted by molar-refractivity contribution is 5.50. The van der Waals surface area contributed by atoms with Gasteiger partial charge in [-0.1, -0.05) is 6.92 Å². The van der Waals surface area contributed by atoms with E-state index in [0.29, 0.717) is 0 Å². The predicted molar refractivity (Wildman–Crippen MR) is 60.6 cm³/mol. The molecule has 14 heavy (non-hydrogen) atoms. The van der Waals surface area contributed by atoms with Crippen LogP contribution in [-0.4, -0.2) is 25.6 Å². The van der Waals surface area contributed by atoms with E-state index in [0.717, 1.165) is 13.1 Å². The molecule has 0 saturated heterocycles. The van der Waals surface area contributed by atoms with Crippen LogP contribution in [-0.2, 0) is 6.54 Å². The zero-order valence-corrected chi connectivity index (χ0v) is 9.25. The Morgan fingerprint density at radius 2 is 2.21 bits per heavy atom. The summed E-state index contributed by atoms with van der Waals surface area (Å²) >= 11 is 0. The molecule has 1 aromatic rings. The molecule has 0 amide bonds. The van der Waals surface area contributed by atoms with Gasteiger partial charge in [0.15, 0.2) is 0 Å². The van der Waals surface area contributed by atoms with Crippen molar-refractivity contribution >= 4 is 5.69 Å². The lowest BCUT2D eigenvalue weighted by atomic mass is 10.2. The number of nitrogens with zero attached hydrogens (tertiary/aromatic N) is 2. The zero-order valence-electron chi connectivity index (χ0n) is 9.25. The molecule has 0 radical (unpaired) electrons. The summed E-state index contributed by atoms with van der Waals surface area (Å²) in [6.07, 6.45) is 4.92. The van der Waals surface area contributed by atoms with Gasteiger partial charge in [0, 0.05) is 26.8 Å². The van der Waals surface area contributed by atoms with Crippen molar-refractivity contribution in [3.05, 3.63) is 24.0 Å². The molecule has 1 N–H and O–H groups in total. The van der Waals surface area contributed by atoms with Gasteiger partial charge >= 0.3 is 0 Å². The standard InChI is InChI=1S/C11H19N3/c1-4-6-12-8-10-5-7-13-9-11(10)14(2)3/h5,7,9,12H,4,6,8H2,1-3H3. The van der Waals surface area contributed by atoms with E-state index >= 15 is 0 Å². The lowest BCUT2D eigenvalue weighted by molar-refractivity contribution is 0.674. The number of rotatable bonds is 5. The number of anilines is 1. The normalized spacial score (nSPS) is 10.2. The van der Waals surface area contributed by atoms with Crippen molar-refractivity contribution in [2.24, 2.45) is 0 Å². The zero-order chi connectivity index (χ0) is 10.4. The molecule has 0 saturated carbocycles. The summed E-state index contributed by atoms with van der Waals surface area (Å²) in [5.74, 6) is 0. The van der Waals surface area contributed by atoms with E-state index in [1.165, 1.54) is 17.7 Å². The molecule has 0 bridgehead atoms. The van der Waals surface area contributed by atoms with Crippen LogP contribution in [0.5, 0.6) is 0 Å². The molecule has 1 rings (SSSR count). The van der Waals surface area contributed by atoms with Gasteiger partial charge in [0.05, 0.1) is 11.9 Å². The second-order valence-electron chi connectivity index (χ2n) is 3.58.